The molecule has 0 atom stereocenters. The summed E-state index contributed by atoms with van der Waals surface area (Å²) < 4.78 is 0. The number of amides is 1. The second-order valence-electron chi connectivity index (χ2n) is 6.19. The Balaban J connectivity index is 1.77. The lowest BCUT2D eigenvalue weighted by molar-refractivity contribution is -0.118. The zero-order valence-corrected chi connectivity index (χ0v) is 14.6. The summed E-state index contributed by atoms with van der Waals surface area (Å²) in [6, 6.07) is 17.5. The Labute approximate surface area is 147 Å². The van der Waals surface area contributed by atoms with Crippen LogP contribution in [0.2, 0.25) is 0 Å². The second kappa shape index (κ2) is 7.34. The van der Waals surface area contributed by atoms with Gasteiger partial charge in [0.2, 0.25) is 5.91 Å². The molecule has 3 rings (SSSR count). The smallest absolute Gasteiger partial charge is 0.251 e. The molecular weight excluding hydrogens is 312 g/mol. The number of rotatable bonds is 5. The van der Waals surface area contributed by atoms with Crippen LogP contribution < -0.4 is 10.5 Å². The summed E-state index contributed by atoms with van der Waals surface area (Å²) in [4.78, 5) is 29.5. The number of H-pyrrole nitrogens is 1. The van der Waals surface area contributed by atoms with E-state index in [2.05, 4.69) is 4.98 Å². The molecule has 2 aromatic carbocycles. The van der Waals surface area contributed by atoms with Crippen molar-refractivity contribution in [2.24, 2.45) is 0 Å². The fourth-order valence-corrected chi connectivity index (χ4v) is 3.05. The Hall–Kier alpha value is -2.88. The van der Waals surface area contributed by atoms with E-state index in [1.54, 1.807) is 4.90 Å². The first-order valence-electron chi connectivity index (χ1n) is 8.56. The normalized spacial score (nSPS) is 10.8. The number of nitrogens with one attached hydrogen (secondary N) is 1. The van der Waals surface area contributed by atoms with Crippen molar-refractivity contribution < 1.29 is 4.79 Å². The van der Waals surface area contributed by atoms with Crippen LogP contribution in [0.3, 0.4) is 0 Å². The van der Waals surface area contributed by atoms with Crippen molar-refractivity contribution in [3.63, 3.8) is 0 Å². The van der Waals surface area contributed by atoms with E-state index in [1.165, 1.54) is 0 Å². The van der Waals surface area contributed by atoms with Gasteiger partial charge in [0.25, 0.3) is 5.56 Å². The fraction of sp³-hybridized carbons (Fsp3) is 0.238. The number of para-hydroxylation sites is 1. The first-order chi connectivity index (χ1) is 12.1. The number of hydrogen-bond acceptors (Lipinski definition) is 2. The third-order valence-electron chi connectivity index (χ3n) is 4.37. The topological polar surface area (TPSA) is 53.2 Å². The highest BCUT2D eigenvalue weighted by molar-refractivity contribution is 5.93. The molecule has 1 aromatic heterocycles. The summed E-state index contributed by atoms with van der Waals surface area (Å²) in [6.45, 7) is 4.58. The van der Waals surface area contributed by atoms with Gasteiger partial charge >= 0.3 is 0 Å². The van der Waals surface area contributed by atoms with Gasteiger partial charge in [-0.2, -0.15) is 0 Å². The summed E-state index contributed by atoms with van der Waals surface area (Å²) in [5.74, 6) is 0.0284. The van der Waals surface area contributed by atoms with Gasteiger partial charge in [-0.3, -0.25) is 9.59 Å². The summed E-state index contributed by atoms with van der Waals surface area (Å²) >= 11 is 0. The first kappa shape index (κ1) is 17.0. The zero-order chi connectivity index (χ0) is 17.8. The molecule has 25 heavy (non-hydrogen) atoms. The van der Waals surface area contributed by atoms with Crippen LogP contribution in [0.5, 0.6) is 0 Å². The van der Waals surface area contributed by atoms with Crippen molar-refractivity contribution in [3.8, 4) is 0 Å². The molecule has 1 heterocycles. The number of hydrogen-bond donors (Lipinski definition) is 1. The van der Waals surface area contributed by atoms with E-state index in [0.29, 0.717) is 24.9 Å². The maximum atomic E-state index is 12.6. The number of pyridine rings is 1. The highest BCUT2D eigenvalue weighted by Crippen LogP contribution is 2.18. The summed E-state index contributed by atoms with van der Waals surface area (Å²) in [5.41, 5.74) is 3.37. The van der Waals surface area contributed by atoms with Gasteiger partial charge in [0.1, 0.15) is 0 Å². The standard InChI is InChI=1S/C21H22N2O2/c1-3-23(18-9-6-7-15(2)13-18)20(24)12-11-17-14-16-8-4-5-10-19(16)22-21(17)25/h4-10,13-14H,3,11-12H2,1-2H3,(H,22,25). The molecule has 0 aliphatic heterocycles. The van der Waals surface area contributed by atoms with Crippen LogP contribution in [-0.2, 0) is 11.2 Å². The van der Waals surface area contributed by atoms with Crippen molar-refractivity contribution in [2.75, 3.05) is 11.4 Å². The number of carbonyl (C=O) groups is 1. The number of fused-ring (bicyclic) bond motifs is 1. The summed E-state index contributed by atoms with van der Waals surface area (Å²) in [7, 11) is 0. The van der Waals surface area contributed by atoms with Gasteiger partial charge in [0.15, 0.2) is 0 Å². The van der Waals surface area contributed by atoms with Crippen molar-refractivity contribution >= 4 is 22.5 Å². The Morgan fingerprint density at radius 1 is 1.08 bits per heavy atom. The Morgan fingerprint density at radius 2 is 1.88 bits per heavy atom. The number of aromatic nitrogens is 1. The largest absolute Gasteiger partial charge is 0.322 e. The van der Waals surface area contributed by atoms with Crippen molar-refractivity contribution in [3.05, 3.63) is 76.1 Å². The maximum Gasteiger partial charge on any atom is 0.251 e. The van der Waals surface area contributed by atoms with Crippen molar-refractivity contribution in [2.45, 2.75) is 26.7 Å². The second-order valence-corrected chi connectivity index (χ2v) is 6.19. The third-order valence-corrected chi connectivity index (χ3v) is 4.37. The van der Waals surface area contributed by atoms with E-state index in [1.807, 2.05) is 68.4 Å². The number of carbonyl (C=O) groups excluding carboxylic acids is 1. The van der Waals surface area contributed by atoms with Gasteiger partial charge in [-0.25, -0.2) is 0 Å². The number of aryl methyl sites for hydroxylation is 2. The van der Waals surface area contributed by atoms with Gasteiger partial charge in [0, 0.05) is 29.7 Å². The van der Waals surface area contributed by atoms with E-state index < -0.39 is 0 Å². The summed E-state index contributed by atoms with van der Waals surface area (Å²) in [5, 5.41) is 0.982. The van der Waals surface area contributed by atoms with E-state index in [9.17, 15) is 9.59 Å². The number of aromatic amines is 1. The summed E-state index contributed by atoms with van der Waals surface area (Å²) in [6.07, 6.45) is 0.741. The average molecular weight is 334 g/mol. The van der Waals surface area contributed by atoms with Crippen LogP contribution in [0, 0.1) is 6.92 Å². The van der Waals surface area contributed by atoms with Crippen molar-refractivity contribution in [1.29, 1.82) is 0 Å². The fourth-order valence-electron chi connectivity index (χ4n) is 3.05. The molecule has 1 N–H and O–H groups in total. The van der Waals surface area contributed by atoms with Crippen LogP contribution in [0.4, 0.5) is 5.69 Å². The van der Waals surface area contributed by atoms with Crippen molar-refractivity contribution in [1.82, 2.24) is 4.98 Å². The quantitative estimate of drug-likeness (QED) is 0.771. The molecule has 3 aromatic rings. The van der Waals surface area contributed by atoms with Gasteiger partial charge < -0.3 is 9.88 Å². The molecule has 128 valence electrons. The predicted molar refractivity (Wildman–Crippen MR) is 102 cm³/mol. The number of nitrogens with zero attached hydrogens (tertiary/aromatic N) is 1. The van der Waals surface area contributed by atoms with E-state index in [0.717, 1.165) is 22.2 Å². The molecule has 1 amide bonds. The highest BCUT2D eigenvalue weighted by Gasteiger charge is 2.15. The van der Waals surface area contributed by atoms with Crippen LogP contribution >= 0.6 is 0 Å². The molecule has 0 saturated heterocycles. The highest BCUT2D eigenvalue weighted by atomic mass is 16.2. The predicted octanol–water partition coefficient (Wildman–Crippen LogP) is 3.82. The lowest BCUT2D eigenvalue weighted by Crippen LogP contribution is -2.31. The third kappa shape index (κ3) is 3.79. The molecule has 4 nitrogen and oxygen atoms in total. The van der Waals surface area contributed by atoms with Gasteiger partial charge in [-0.05, 0) is 55.5 Å². The molecule has 0 spiro atoms. The SMILES string of the molecule is CCN(C(=O)CCc1cc2ccccc2[nH]c1=O)c1cccc(C)c1. The van der Waals surface area contributed by atoms with E-state index >= 15 is 0 Å². The van der Waals surface area contributed by atoms with E-state index in [-0.39, 0.29) is 11.5 Å². The minimum absolute atomic E-state index is 0.0284. The molecule has 0 aliphatic rings. The van der Waals surface area contributed by atoms with E-state index in [4.69, 9.17) is 0 Å². The molecule has 0 unspecified atom stereocenters. The number of anilines is 1. The molecular formula is C21H22N2O2. The molecule has 0 bridgehead atoms. The lowest BCUT2D eigenvalue weighted by Gasteiger charge is -2.21. The van der Waals surface area contributed by atoms with Gasteiger partial charge in [-0.1, -0.05) is 30.3 Å². The molecule has 0 fully saturated rings. The Bertz CT molecular complexity index is 959. The molecule has 0 aliphatic carbocycles. The van der Waals surface area contributed by atoms with Gasteiger partial charge in [0.05, 0.1) is 0 Å². The Kier molecular flexibility index (Phi) is 4.98. The average Bonchev–Trinajstić information content (AvgIpc) is 2.60. The molecule has 0 radical (unpaired) electrons. The van der Waals surface area contributed by atoms with Crippen LogP contribution in [0.15, 0.2) is 59.4 Å². The minimum atomic E-state index is -0.120. The Morgan fingerprint density at radius 3 is 2.64 bits per heavy atom. The van der Waals surface area contributed by atoms with Crippen LogP contribution in [0.1, 0.15) is 24.5 Å². The lowest BCUT2D eigenvalue weighted by atomic mass is 10.1. The van der Waals surface area contributed by atoms with Crippen LogP contribution in [-0.4, -0.2) is 17.4 Å². The number of benzene rings is 2. The monoisotopic (exact) mass is 334 g/mol. The first-order valence-corrected chi connectivity index (χ1v) is 8.56. The molecule has 0 saturated carbocycles. The molecule has 4 heteroatoms. The van der Waals surface area contributed by atoms with Gasteiger partial charge in [-0.15, -0.1) is 0 Å². The maximum absolute atomic E-state index is 12.6. The van der Waals surface area contributed by atoms with Crippen LogP contribution in [0.25, 0.3) is 10.9 Å². The zero-order valence-electron chi connectivity index (χ0n) is 14.6. The minimum Gasteiger partial charge on any atom is -0.322 e.